The second-order valence-electron chi connectivity index (χ2n) is 7.33. The molecule has 1 heterocycles. The summed E-state index contributed by atoms with van der Waals surface area (Å²) in [6.07, 6.45) is 0. The molecule has 150 valence electrons. The average molecular weight is 377 g/mol. The SMILES string of the molecule is CC(C)NC(=O)CN(C)CC(=O)NCc1ccccc1CN1CCOCC1. The lowest BCUT2D eigenvalue weighted by Gasteiger charge is -2.27. The van der Waals surface area contributed by atoms with Crippen LogP contribution in [0.5, 0.6) is 0 Å². The van der Waals surface area contributed by atoms with E-state index in [0.717, 1.165) is 38.4 Å². The highest BCUT2D eigenvalue weighted by Gasteiger charge is 2.14. The fraction of sp³-hybridized carbons (Fsp3) is 0.600. The molecule has 1 aliphatic heterocycles. The van der Waals surface area contributed by atoms with E-state index >= 15 is 0 Å². The molecule has 2 rings (SSSR count). The second-order valence-corrected chi connectivity index (χ2v) is 7.33. The molecule has 7 heteroatoms. The zero-order chi connectivity index (χ0) is 19.6. The molecule has 1 saturated heterocycles. The molecule has 0 bridgehead atoms. The van der Waals surface area contributed by atoms with Crippen molar-refractivity contribution >= 4 is 11.8 Å². The summed E-state index contributed by atoms with van der Waals surface area (Å²) in [5, 5.41) is 5.79. The number of hydrogen-bond donors (Lipinski definition) is 2. The van der Waals surface area contributed by atoms with Crippen molar-refractivity contribution in [1.82, 2.24) is 20.4 Å². The number of amides is 2. The van der Waals surface area contributed by atoms with E-state index < -0.39 is 0 Å². The van der Waals surface area contributed by atoms with Gasteiger partial charge in [-0.1, -0.05) is 24.3 Å². The number of morpholine rings is 1. The summed E-state index contributed by atoms with van der Waals surface area (Å²) in [5.74, 6) is -0.160. The highest BCUT2D eigenvalue weighted by Crippen LogP contribution is 2.13. The second kappa shape index (κ2) is 11.0. The van der Waals surface area contributed by atoms with E-state index in [9.17, 15) is 9.59 Å². The Morgan fingerprint density at radius 3 is 2.41 bits per heavy atom. The van der Waals surface area contributed by atoms with Gasteiger partial charge < -0.3 is 15.4 Å². The number of nitrogens with zero attached hydrogens (tertiary/aromatic N) is 2. The summed E-state index contributed by atoms with van der Waals surface area (Å²) in [4.78, 5) is 28.1. The van der Waals surface area contributed by atoms with E-state index in [1.165, 1.54) is 5.56 Å². The minimum Gasteiger partial charge on any atom is -0.379 e. The Hall–Kier alpha value is -1.96. The first-order valence-corrected chi connectivity index (χ1v) is 9.55. The predicted octanol–water partition coefficient (Wildman–Crippen LogP) is 0.591. The fourth-order valence-corrected chi connectivity index (χ4v) is 3.05. The Morgan fingerprint density at radius 2 is 1.74 bits per heavy atom. The molecule has 2 N–H and O–H groups in total. The van der Waals surface area contributed by atoms with Crippen molar-refractivity contribution in [3.63, 3.8) is 0 Å². The molecule has 1 aromatic carbocycles. The first-order chi connectivity index (χ1) is 12.9. The van der Waals surface area contributed by atoms with E-state index in [2.05, 4.69) is 27.7 Å². The molecule has 1 aromatic rings. The first-order valence-electron chi connectivity index (χ1n) is 9.55. The number of benzene rings is 1. The van der Waals surface area contributed by atoms with E-state index in [0.29, 0.717) is 6.54 Å². The van der Waals surface area contributed by atoms with Crippen LogP contribution >= 0.6 is 0 Å². The summed E-state index contributed by atoms with van der Waals surface area (Å²) < 4.78 is 5.40. The third-order valence-electron chi connectivity index (χ3n) is 4.37. The molecular formula is C20H32N4O3. The molecule has 0 atom stereocenters. The lowest BCUT2D eigenvalue weighted by molar-refractivity contribution is -0.124. The van der Waals surface area contributed by atoms with Crippen LogP contribution in [-0.4, -0.2) is 74.1 Å². The van der Waals surface area contributed by atoms with Crippen molar-refractivity contribution < 1.29 is 14.3 Å². The van der Waals surface area contributed by atoms with E-state index in [4.69, 9.17) is 4.74 Å². The van der Waals surface area contributed by atoms with Gasteiger partial charge in [0.15, 0.2) is 0 Å². The highest BCUT2D eigenvalue weighted by molar-refractivity contribution is 5.81. The number of hydrogen-bond acceptors (Lipinski definition) is 5. The van der Waals surface area contributed by atoms with Gasteiger partial charge in [0.25, 0.3) is 0 Å². The Bertz CT molecular complexity index is 615. The molecular weight excluding hydrogens is 344 g/mol. The summed E-state index contributed by atoms with van der Waals surface area (Å²) >= 11 is 0. The number of ether oxygens (including phenoxy) is 1. The van der Waals surface area contributed by atoms with E-state index in [1.807, 2.05) is 26.0 Å². The Morgan fingerprint density at radius 1 is 1.11 bits per heavy atom. The van der Waals surface area contributed by atoms with Crippen molar-refractivity contribution in [2.24, 2.45) is 0 Å². The fourth-order valence-electron chi connectivity index (χ4n) is 3.05. The van der Waals surface area contributed by atoms with Crippen LogP contribution < -0.4 is 10.6 Å². The maximum atomic E-state index is 12.2. The topological polar surface area (TPSA) is 73.9 Å². The summed E-state index contributed by atoms with van der Waals surface area (Å²) in [5.41, 5.74) is 2.35. The van der Waals surface area contributed by atoms with Crippen LogP contribution in [0.2, 0.25) is 0 Å². The Kier molecular flexibility index (Phi) is 8.71. The summed E-state index contributed by atoms with van der Waals surface area (Å²) in [7, 11) is 1.77. The molecule has 0 unspecified atom stereocenters. The maximum Gasteiger partial charge on any atom is 0.234 e. The molecule has 0 saturated carbocycles. The van der Waals surface area contributed by atoms with Crippen LogP contribution in [0.4, 0.5) is 0 Å². The molecule has 0 aromatic heterocycles. The molecule has 7 nitrogen and oxygen atoms in total. The number of carbonyl (C=O) groups excluding carboxylic acids is 2. The van der Waals surface area contributed by atoms with Crippen molar-refractivity contribution in [2.45, 2.75) is 33.0 Å². The van der Waals surface area contributed by atoms with Crippen molar-refractivity contribution in [2.75, 3.05) is 46.4 Å². The van der Waals surface area contributed by atoms with Gasteiger partial charge >= 0.3 is 0 Å². The standard InChI is InChI=1S/C20H32N4O3/c1-16(2)22-20(26)15-23(3)14-19(25)21-12-17-6-4-5-7-18(17)13-24-8-10-27-11-9-24/h4-7,16H,8-15H2,1-3H3,(H,21,25)(H,22,26). The molecule has 2 amide bonds. The van der Waals surface area contributed by atoms with Gasteiger partial charge in [0.2, 0.25) is 11.8 Å². The van der Waals surface area contributed by atoms with Gasteiger partial charge in [-0.2, -0.15) is 0 Å². The minimum atomic E-state index is -0.0870. The average Bonchev–Trinajstić information content (AvgIpc) is 2.61. The normalized spacial score (nSPS) is 15.1. The molecule has 0 aliphatic carbocycles. The lowest BCUT2D eigenvalue weighted by Crippen LogP contribution is -2.42. The molecule has 1 aliphatic rings. The lowest BCUT2D eigenvalue weighted by atomic mass is 10.1. The quantitative estimate of drug-likeness (QED) is 0.660. The number of nitrogens with one attached hydrogen (secondary N) is 2. The molecule has 0 radical (unpaired) electrons. The van der Waals surface area contributed by atoms with Gasteiger partial charge in [-0.3, -0.25) is 19.4 Å². The minimum absolute atomic E-state index is 0.0730. The highest BCUT2D eigenvalue weighted by atomic mass is 16.5. The van der Waals surface area contributed by atoms with Crippen molar-refractivity contribution in [3.8, 4) is 0 Å². The van der Waals surface area contributed by atoms with Gasteiger partial charge in [-0.25, -0.2) is 0 Å². The van der Waals surface area contributed by atoms with Crippen LogP contribution in [0.25, 0.3) is 0 Å². The summed E-state index contributed by atoms with van der Waals surface area (Å²) in [6.45, 7) is 9.00. The van der Waals surface area contributed by atoms with Gasteiger partial charge in [0, 0.05) is 32.2 Å². The van der Waals surface area contributed by atoms with Crippen LogP contribution in [0.3, 0.4) is 0 Å². The van der Waals surface area contributed by atoms with Gasteiger partial charge in [-0.05, 0) is 32.0 Å². The van der Waals surface area contributed by atoms with Crippen LogP contribution in [0, 0.1) is 0 Å². The smallest absolute Gasteiger partial charge is 0.234 e. The Balaban J connectivity index is 1.79. The summed E-state index contributed by atoms with van der Waals surface area (Å²) in [6, 6.07) is 8.28. The largest absolute Gasteiger partial charge is 0.379 e. The van der Waals surface area contributed by atoms with Gasteiger partial charge in [0.05, 0.1) is 26.3 Å². The van der Waals surface area contributed by atoms with Gasteiger partial charge in [0.1, 0.15) is 0 Å². The number of carbonyl (C=O) groups is 2. The van der Waals surface area contributed by atoms with Crippen LogP contribution in [-0.2, 0) is 27.4 Å². The number of rotatable bonds is 9. The molecule has 27 heavy (non-hydrogen) atoms. The van der Waals surface area contributed by atoms with Gasteiger partial charge in [-0.15, -0.1) is 0 Å². The predicted molar refractivity (Wildman–Crippen MR) is 105 cm³/mol. The monoisotopic (exact) mass is 376 g/mol. The van der Waals surface area contributed by atoms with Crippen molar-refractivity contribution in [1.29, 1.82) is 0 Å². The third kappa shape index (κ3) is 8.07. The number of likely N-dealkylation sites (N-methyl/N-ethyl adjacent to an activating group) is 1. The van der Waals surface area contributed by atoms with Crippen molar-refractivity contribution in [3.05, 3.63) is 35.4 Å². The zero-order valence-corrected chi connectivity index (χ0v) is 16.7. The molecule has 0 spiro atoms. The van der Waals surface area contributed by atoms with Crippen LogP contribution in [0.1, 0.15) is 25.0 Å². The van der Waals surface area contributed by atoms with E-state index in [-0.39, 0.29) is 30.9 Å². The maximum absolute atomic E-state index is 12.2. The third-order valence-corrected chi connectivity index (χ3v) is 4.37. The van der Waals surface area contributed by atoms with E-state index in [1.54, 1.807) is 11.9 Å². The molecule has 1 fully saturated rings. The zero-order valence-electron chi connectivity index (χ0n) is 16.7. The van der Waals surface area contributed by atoms with Crippen LogP contribution in [0.15, 0.2) is 24.3 Å². The first kappa shape index (κ1) is 21.3. The Labute approximate surface area is 162 Å².